The van der Waals surface area contributed by atoms with Gasteiger partial charge in [0.15, 0.2) is 23.3 Å². The van der Waals surface area contributed by atoms with Crippen molar-refractivity contribution in [3.05, 3.63) is 45.4 Å². The van der Waals surface area contributed by atoms with E-state index in [0.29, 0.717) is 73.1 Å². The molecule has 4 fully saturated rings. The van der Waals surface area contributed by atoms with Crippen molar-refractivity contribution in [2.75, 3.05) is 78.8 Å². The predicted molar refractivity (Wildman–Crippen MR) is 186 cm³/mol. The maximum Gasteiger partial charge on any atom is 0.342 e. The third-order valence-electron chi connectivity index (χ3n) is 7.75. The van der Waals surface area contributed by atoms with Crippen LogP contribution in [-0.4, -0.2) is 135 Å². The highest BCUT2D eigenvalue weighted by Crippen LogP contribution is 2.34. The van der Waals surface area contributed by atoms with Crippen molar-refractivity contribution in [1.29, 1.82) is 0 Å². The van der Waals surface area contributed by atoms with Crippen molar-refractivity contribution < 1.29 is 81.0 Å². The maximum absolute atomic E-state index is 13.3. The number of hydrogen-bond donors (Lipinski definition) is 0. The highest BCUT2D eigenvalue weighted by molar-refractivity contribution is 6.26. The lowest BCUT2D eigenvalue weighted by Crippen LogP contribution is -2.53. The summed E-state index contributed by atoms with van der Waals surface area (Å²) in [6.45, 7) is 2.99. The van der Waals surface area contributed by atoms with Gasteiger partial charge in [0.05, 0.1) is 26.4 Å². The highest BCUT2D eigenvalue weighted by atomic mass is 35.5. The second-order valence-corrected chi connectivity index (χ2v) is 12.1. The maximum atomic E-state index is 13.3. The Hall–Kier alpha value is -1.24. The molecular formula is C30H44Cl4F16N4O2. The van der Waals surface area contributed by atoms with Gasteiger partial charge in [-0.1, -0.05) is 46.4 Å². The van der Waals surface area contributed by atoms with Gasteiger partial charge in [0.1, 0.15) is 0 Å². The summed E-state index contributed by atoms with van der Waals surface area (Å²) in [5.74, 6) is -5.15. The van der Waals surface area contributed by atoms with Crippen LogP contribution < -0.4 is 0 Å². The molecule has 26 heteroatoms. The van der Waals surface area contributed by atoms with Crippen LogP contribution >= 0.6 is 46.4 Å². The topological polar surface area (TPSA) is 31.4 Å². The summed E-state index contributed by atoms with van der Waals surface area (Å²) in [6.07, 6.45) is -6.32. The Kier molecular flexibility index (Phi) is 34.7. The van der Waals surface area contributed by atoms with Crippen molar-refractivity contribution in [3.8, 4) is 0 Å². The van der Waals surface area contributed by atoms with E-state index in [2.05, 4.69) is 0 Å². The van der Waals surface area contributed by atoms with Crippen LogP contribution in [0.15, 0.2) is 45.4 Å². The number of nitrogens with zero attached hydrogens (tertiary/aromatic N) is 4. The summed E-state index contributed by atoms with van der Waals surface area (Å²) in [4.78, 5) is 3.96. The molecule has 4 atom stereocenters. The molecule has 0 N–H and O–H groups in total. The zero-order chi connectivity index (χ0) is 39.5. The first kappa shape index (κ1) is 61.4. The van der Waals surface area contributed by atoms with E-state index in [-0.39, 0.29) is 69.3 Å². The first-order chi connectivity index (χ1) is 24.5. The van der Waals surface area contributed by atoms with Gasteiger partial charge in [-0.05, 0) is 25.7 Å². The lowest BCUT2D eigenvalue weighted by atomic mass is 10.2. The summed E-state index contributed by atoms with van der Waals surface area (Å²) in [7, 11) is 0. The number of morpholine rings is 2. The van der Waals surface area contributed by atoms with Gasteiger partial charge in [-0.15, -0.1) is 0 Å². The Morgan fingerprint density at radius 2 is 0.714 bits per heavy atom. The zero-order valence-corrected chi connectivity index (χ0v) is 32.2. The average molecular weight is 938 g/mol. The molecule has 4 aliphatic rings. The molecule has 0 aromatic rings. The number of ether oxygens (including phenoxy) is 2. The van der Waals surface area contributed by atoms with Crippen molar-refractivity contribution in [3.63, 3.8) is 0 Å². The van der Waals surface area contributed by atoms with Gasteiger partial charge >= 0.3 is 12.1 Å². The van der Waals surface area contributed by atoms with E-state index in [0.717, 1.165) is 12.8 Å². The first-order valence-electron chi connectivity index (χ1n) is 15.8. The molecule has 0 aromatic carbocycles. The third kappa shape index (κ3) is 19.7. The van der Waals surface area contributed by atoms with E-state index in [9.17, 15) is 52.7 Å². The highest BCUT2D eigenvalue weighted by Gasteiger charge is 2.50. The number of alkyl halides is 8. The molecule has 0 aromatic heterocycles. The van der Waals surface area contributed by atoms with Crippen LogP contribution in [0.1, 0.15) is 25.7 Å². The summed E-state index contributed by atoms with van der Waals surface area (Å²) in [5, 5.41) is 0. The third-order valence-corrected chi connectivity index (χ3v) is 8.59. The van der Waals surface area contributed by atoms with Crippen LogP contribution in [0.4, 0.5) is 71.5 Å². The molecule has 0 saturated carbocycles. The van der Waals surface area contributed by atoms with Gasteiger partial charge < -0.3 is 9.47 Å². The Bertz CT molecular complexity index is 1150. The summed E-state index contributed by atoms with van der Waals surface area (Å²) >= 11 is 19.7. The Morgan fingerprint density at radius 3 is 1.04 bits per heavy atom. The van der Waals surface area contributed by atoms with Crippen LogP contribution in [-0.2, 0) is 9.47 Å². The second-order valence-electron chi connectivity index (χ2n) is 11.2. The Labute approximate surface area is 333 Å². The van der Waals surface area contributed by atoms with Crippen molar-refractivity contribution >= 4 is 46.4 Å². The van der Waals surface area contributed by atoms with Crippen LogP contribution in [0.5, 0.6) is 0 Å². The smallest absolute Gasteiger partial charge is 0.342 e. The van der Waals surface area contributed by atoms with E-state index < -0.39 is 60.3 Å². The van der Waals surface area contributed by atoms with E-state index in [4.69, 9.17) is 55.9 Å². The number of halogens is 20. The minimum absolute atomic E-state index is 0. The Balaban J connectivity index is -0.000000316. The summed E-state index contributed by atoms with van der Waals surface area (Å²) in [5.41, 5.74) is 1.66. The Morgan fingerprint density at radius 1 is 0.446 bits per heavy atom. The lowest BCUT2D eigenvalue weighted by molar-refractivity contribution is -0.204. The van der Waals surface area contributed by atoms with Crippen LogP contribution in [0, 0.1) is 0 Å². The normalized spacial score (nSPS) is 21.7. The van der Waals surface area contributed by atoms with Gasteiger partial charge in [-0.25, -0.2) is 44.9 Å². The monoisotopic (exact) mass is 936 g/mol. The molecule has 6 nitrogen and oxygen atoms in total. The van der Waals surface area contributed by atoms with Crippen LogP contribution in [0.3, 0.4) is 0 Å². The minimum Gasteiger partial charge on any atom is -0.379 e. The molecule has 0 radical (unpaired) electrons. The molecule has 0 spiro atoms. The molecule has 0 aliphatic carbocycles. The fraction of sp³-hybridized carbons (Fsp3) is 0.733. The van der Waals surface area contributed by atoms with Crippen molar-refractivity contribution in [1.82, 2.24) is 19.6 Å². The second kappa shape index (κ2) is 31.7. The number of hydrogen-bond acceptors (Lipinski definition) is 6. The molecule has 4 rings (SSSR count). The number of rotatable bonds is 10. The molecule has 0 amide bonds. The van der Waals surface area contributed by atoms with E-state index in [1.54, 1.807) is 0 Å². The molecule has 4 aliphatic heterocycles. The molecular weight excluding hydrogens is 894 g/mol. The van der Waals surface area contributed by atoms with Gasteiger partial charge in [0, 0.05) is 74.5 Å². The molecule has 0 bridgehead atoms. The standard InChI is InChI=1S/C8H10ClF4NO.C8H10ClF4N.C7H10ClF2NO.C7H10ClF2N.4FH/c9-5-6(10)7(11)8(12,13)14-1-3-15-4-2-14;9-5-6(10)7(11)8(12,13)14-3-1-2-4-14;8-5-6(9)7(10)11-1-3-12-4-2-11;8-5-6(9)7(10)11-3-1-2-4-11;;;;/h5,7H,1-4H2;5,7H,1-4H2;5,7H,1-4H2;5,7H,1-4H2;4*1H. The van der Waals surface area contributed by atoms with Gasteiger partial charge in [-0.2, -0.15) is 17.6 Å². The van der Waals surface area contributed by atoms with Gasteiger partial charge in [0.2, 0.25) is 24.9 Å². The van der Waals surface area contributed by atoms with E-state index in [1.807, 2.05) is 0 Å². The first-order valence-corrected chi connectivity index (χ1v) is 17.5. The van der Waals surface area contributed by atoms with Gasteiger partial charge in [-0.3, -0.25) is 28.6 Å². The molecule has 336 valence electrons. The van der Waals surface area contributed by atoms with E-state index in [1.165, 1.54) is 9.80 Å². The SMILES string of the molecule is F.F.F.F.FC(=CCl)C(F)C(F)(F)N1CCCC1.FC(=CCl)C(F)C(F)(F)N1CCOCC1.FC(=CCl)C(F)N1CCCC1.FC(=CCl)C(F)N1CCOCC1. The lowest BCUT2D eigenvalue weighted by Gasteiger charge is -2.34. The minimum atomic E-state index is -3.89. The van der Waals surface area contributed by atoms with Crippen molar-refractivity contribution in [2.24, 2.45) is 0 Å². The summed E-state index contributed by atoms with van der Waals surface area (Å²) in [6, 6.07) is -7.69. The van der Waals surface area contributed by atoms with Crippen LogP contribution in [0.25, 0.3) is 0 Å². The predicted octanol–water partition coefficient (Wildman–Crippen LogP) is 10.1. The quantitative estimate of drug-likeness (QED) is 0.160. The zero-order valence-electron chi connectivity index (χ0n) is 29.2. The fourth-order valence-electron chi connectivity index (χ4n) is 4.86. The number of likely N-dealkylation sites (tertiary alicyclic amines) is 2. The largest absolute Gasteiger partial charge is 0.379 e. The van der Waals surface area contributed by atoms with Crippen molar-refractivity contribution in [2.45, 2.75) is 62.7 Å². The van der Waals surface area contributed by atoms with E-state index >= 15 is 0 Å². The average Bonchev–Trinajstić information content (AvgIpc) is 3.93. The molecule has 4 unspecified atom stereocenters. The molecule has 4 saturated heterocycles. The van der Waals surface area contributed by atoms with Crippen LogP contribution in [0.2, 0.25) is 0 Å². The van der Waals surface area contributed by atoms with Gasteiger partial charge in [0.25, 0.3) is 0 Å². The molecule has 4 heterocycles. The fourth-order valence-corrected chi connectivity index (χ4v) is 5.29. The molecule has 56 heavy (non-hydrogen) atoms. The summed E-state index contributed by atoms with van der Waals surface area (Å²) < 4.78 is 165.